The fourth-order valence-electron chi connectivity index (χ4n) is 4.96. The van der Waals surface area contributed by atoms with E-state index in [9.17, 15) is 4.79 Å². The molecule has 1 fully saturated rings. The Morgan fingerprint density at radius 2 is 2.03 bits per heavy atom. The number of hydrogen-bond donors (Lipinski definition) is 3. The van der Waals surface area contributed by atoms with Crippen molar-refractivity contribution in [2.24, 2.45) is 17.6 Å². The van der Waals surface area contributed by atoms with Crippen LogP contribution in [0.25, 0.3) is 33.8 Å². The quantitative estimate of drug-likeness (QED) is 0.388. The van der Waals surface area contributed by atoms with Gasteiger partial charge in [0, 0.05) is 29.6 Å². The molecule has 0 spiro atoms. The van der Waals surface area contributed by atoms with Crippen LogP contribution >= 0.6 is 0 Å². The van der Waals surface area contributed by atoms with Crippen molar-refractivity contribution < 1.29 is 4.79 Å². The minimum atomic E-state index is -0.488. The third-order valence-corrected chi connectivity index (χ3v) is 6.87. The van der Waals surface area contributed by atoms with Crippen molar-refractivity contribution in [3.63, 3.8) is 0 Å². The van der Waals surface area contributed by atoms with Gasteiger partial charge in [-0.2, -0.15) is 15.3 Å². The Morgan fingerprint density at radius 3 is 2.76 bits per heavy atom. The Bertz CT molecular complexity index is 1330. The summed E-state index contributed by atoms with van der Waals surface area (Å²) in [5.41, 5.74) is 9.49. The summed E-state index contributed by atoms with van der Waals surface area (Å²) in [5.74, 6) is 1.76. The minimum absolute atomic E-state index is 0.416. The smallest absolute Gasteiger partial charge is 0.248 e. The second-order valence-electron chi connectivity index (χ2n) is 9.21. The van der Waals surface area contributed by atoms with Crippen molar-refractivity contribution in [1.82, 2.24) is 40.1 Å². The highest BCUT2D eigenvalue weighted by Crippen LogP contribution is 2.31. The number of nitrogens with zero attached hydrogens (tertiary/aromatic N) is 6. The van der Waals surface area contributed by atoms with Crippen LogP contribution in [0.1, 0.15) is 42.7 Å². The molecule has 3 aromatic heterocycles. The highest BCUT2D eigenvalue weighted by Gasteiger charge is 2.23. The molecule has 0 saturated carbocycles. The molecule has 1 atom stereocenters. The second kappa shape index (κ2) is 9.02. The molecule has 0 unspecified atom stereocenters. The van der Waals surface area contributed by atoms with E-state index in [0.717, 1.165) is 54.0 Å². The fourth-order valence-corrected chi connectivity index (χ4v) is 4.96. The molecule has 0 radical (unpaired) electrons. The first-order valence-corrected chi connectivity index (χ1v) is 11.9. The van der Waals surface area contributed by atoms with Crippen LogP contribution in [0.4, 0.5) is 0 Å². The van der Waals surface area contributed by atoms with E-state index >= 15 is 0 Å². The lowest BCUT2D eigenvalue weighted by atomic mass is 9.86. The van der Waals surface area contributed by atoms with Gasteiger partial charge >= 0.3 is 0 Å². The van der Waals surface area contributed by atoms with Crippen molar-refractivity contribution in [3.05, 3.63) is 35.7 Å². The van der Waals surface area contributed by atoms with E-state index in [1.54, 1.807) is 6.07 Å². The Kier molecular flexibility index (Phi) is 5.91. The molecule has 34 heavy (non-hydrogen) atoms. The number of benzene rings is 1. The van der Waals surface area contributed by atoms with E-state index in [0.29, 0.717) is 29.0 Å². The van der Waals surface area contributed by atoms with Crippen LogP contribution in [-0.4, -0.2) is 53.7 Å². The van der Waals surface area contributed by atoms with Crippen molar-refractivity contribution in [2.45, 2.75) is 46.7 Å². The molecule has 1 aliphatic heterocycles. The zero-order valence-corrected chi connectivity index (χ0v) is 19.9. The zero-order valence-electron chi connectivity index (χ0n) is 19.9. The molecule has 0 aliphatic carbocycles. The summed E-state index contributed by atoms with van der Waals surface area (Å²) in [4.78, 5) is 16.9. The summed E-state index contributed by atoms with van der Waals surface area (Å²) < 4.78 is 3.87. The number of aryl methyl sites for hydroxylation is 2. The maximum Gasteiger partial charge on any atom is 0.248 e. The number of aromatic nitrogens is 7. The monoisotopic (exact) mass is 461 g/mol. The third-order valence-electron chi connectivity index (χ3n) is 6.87. The highest BCUT2D eigenvalue weighted by molar-refractivity contribution is 6.02. The van der Waals surface area contributed by atoms with Gasteiger partial charge in [0.25, 0.3) is 0 Å². The first kappa shape index (κ1) is 22.3. The number of carbonyl (C=O) groups is 1. The van der Waals surface area contributed by atoms with Crippen molar-refractivity contribution in [3.8, 4) is 22.9 Å². The van der Waals surface area contributed by atoms with Gasteiger partial charge in [0.15, 0.2) is 11.6 Å². The molecule has 178 valence electrons. The molecule has 1 amide bonds. The molecule has 1 aromatic carbocycles. The van der Waals surface area contributed by atoms with Crippen LogP contribution in [0.5, 0.6) is 0 Å². The molecular weight excluding hydrogens is 430 g/mol. The zero-order chi connectivity index (χ0) is 23.8. The van der Waals surface area contributed by atoms with E-state index in [1.165, 1.54) is 12.8 Å². The molecule has 1 aliphatic rings. The topological polar surface area (TPSA) is 132 Å². The predicted octanol–water partition coefficient (Wildman–Crippen LogP) is 2.75. The SMILES string of the molecule is CCn1nc(C)cc1-c1nc(-c2cc(C(N)=O)cc3c2cnn3C[C@@H](C)C2CCNCC2)n[nH]1. The Labute approximate surface area is 197 Å². The Hall–Kier alpha value is -3.53. The molecule has 4 heterocycles. The number of piperidine rings is 1. The van der Waals surface area contributed by atoms with Crippen LogP contribution in [0.2, 0.25) is 0 Å². The number of H-pyrrole nitrogens is 1. The van der Waals surface area contributed by atoms with Crippen LogP contribution < -0.4 is 11.1 Å². The largest absolute Gasteiger partial charge is 0.366 e. The van der Waals surface area contributed by atoms with Crippen LogP contribution in [0.15, 0.2) is 24.4 Å². The number of nitrogens with two attached hydrogens (primary N) is 1. The van der Waals surface area contributed by atoms with Crippen LogP contribution in [-0.2, 0) is 13.1 Å². The Balaban J connectivity index is 1.54. The second-order valence-corrected chi connectivity index (χ2v) is 9.21. The van der Waals surface area contributed by atoms with E-state index < -0.39 is 5.91 Å². The van der Waals surface area contributed by atoms with Gasteiger partial charge in [-0.15, -0.1) is 0 Å². The van der Waals surface area contributed by atoms with Gasteiger partial charge in [-0.3, -0.25) is 19.3 Å². The van der Waals surface area contributed by atoms with E-state index in [-0.39, 0.29) is 0 Å². The van der Waals surface area contributed by atoms with Gasteiger partial charge in [0.1, 0.15) is 5.69 Å². The predicted molar refractivity (Wildman–Crippen MR) is 130 cm³/mol. The molecule has 10 heteroatoms. The summed E-state index contributed by atoms with van der Waals surface area (Å²) in [6.07, 6.45) is 4.18. The van der Waals surface area contributed by atoms with Crippen molar-refractivity contribution >= 4 is 16.8 Å². The molecule has 10 nitrogen and oxygen atoms in total. The Morgan fingerprint density at radius 1 is 1.24 bits per heavy atom. The van der Waals surface area contributed by atoms with E-state index in [2.05, 4.69) is 32.6 Å². The number of fused-ring (bicyclic) bond motifs is 1. The number of nitrogens with one attached hydrogen (secondary N) is 2. The third kappa shape index (κ3) is 4.09. The van der Waals surface area contributed by atoms with Gasteiger partial charge in [-0.1, -0.05) is 6.92 Å². The molecule has 4 N–H and O–H groups in total. The number of primary amides is 1. The van der Waals surface area contributed by atoms with Gasteiger partial charge < -0.3 is 11.1 Å². The average molecular weight is 462 g/mol. The summed E-state index contributed by atoms with van der Waals surface area (Å²) >= 11 is 0. The van der Waals surface area contributed by atoms with Gasteiger partial charge in [0.2, 0.25) is 5.91 Å². The van der Waals surface area contributed by atoms with Gasteiger partial charge in [-0.25, -0.2) is 4.98 Å². The minimum Gasteiger partial charge on any atom is -0.366 e. The number of rotatable bonds is 7. The van der Waals surface area contributed by atoms with Crippen LogP contribution in [0, 0.1) is 18.8 Å². The number of aromatic amines is 1. The number of amides is 1. The molecule has 1 saturated heterocycles. The number of carbonyl (C=O) groups excluding carboxylic acids is 1. The van der Waals surface area contributed by atoms with E-state index in [1.807, 2.05) is 41.5 Å². The summed E-state index contributed by atoms with van der Waals surface area (Å²) in [6.45, 7) is 9.90. The summed E-state index contributed by atoms with van der Waals surface area (Å²) in [5, 5.41) is 21.0. The van der Waals surface area contributed by atoms with Crippen molar-refractivity contribution in [1.29, 1.82) is 0 Å². The molecule has 5 rings (SSSR count). The maximum absolute atomic E-state index is 12.2. The fraction of sp³-hybridized carbons (Fsp3) is 0.458. The molecule has 4 aromatic rings. The van der Waals surface area contributed by atoms with Gasteiger partial charge in [-0.05, 0) is 69.8 Å². The first-order chi connectivity index (χ1) is 16.4. The average Bonchev–Trinajstić information content (AvgIpc) is 3.57. The molecular formula is C24H31N9O. The van der Waals surface area contributed by atoms with Gasteiger partial charge in [0.05, 0.1) is 17.4 Å². The van der Waals surface area contributed by atoms with Crippen molar-refractivity contribution in [2.75, 3.05) is 13.1 Å². The highest BCUT2D eigenvalue weighted by atomic mass is 16.1. The molecule has 0 bridgehead atoms. The lowest BCUT2D eigenvalue weighted by molar-refractivity contribution is 0.100. The van der Waals surface area contributed by atoms with Crippen LogP contribution in [0.3, 0.4) is 0 Å². The maximum atomic E-state index is 12.2. The normalized spacial score (nSPS) is 15.7. The summed E-state index contributed by atoms with van der Waals surface area (Å²) in [7, 11) is 0. The summed E-state index contributed by atoms with van der Waals surface area (Å²) in [6, 6.07) is 5.55. The lowest BCUT2D eigenvalue weighted by Gasteiger charge is -2.28. The number of hydrogen-bond acceptors (Lipinski definition) is 6. The standard InChI is InChI=1S/C24H31N9O/c1-4-32-21(9-15(3)31-32)24-28-23(29-30-24)18-10-17(22(25)34)11-20-19(18)12-27-33(20)13-14(2)16-5-7-26-8-6-16/h9-12,14,16,26H,4-8,13H2,1-3H3,(H2,25,34)(H,28,29,30)/t14-/m1/s1. The van der Waals surface area contributed by atoms with E-state index in [4.69, 9.17) is 10.7 Å². The first-order valence-electron chi connectivity index (χ1n) is 11.9. The lowest BCUT2D eigenvalue weighted by Crippen LogP contribution is -2.32.